The molecule has 0 saturated carbocycles. The minimum Gasteiger partial charge on any atom is -0.467 e. The maximum atomic E-state index is 12.8. The summed E-state index contributed by atoms with van der Waals surface area (Å²) < 4.78 is 16.1. The topological polar surface area (TPSA) is 94.2 Å². The highest BCUT2D eigenvalue weighted by Gasteiger charge is 2.32. The second kappa shape index (κ2) is 12.1. The molecular weight excluding hydrogens is 504 g/mol. The lowest BCUT2D eigenvalue weighted by Crippen LogP contribution is -2.44. The maximum absolute atomic E-state index is 12.8. The minimum atomic E-state index is -0.836. The Labute approximate surface area is 228 Å². The molecule has 0 radical (unpaired) electrons. The number of rotatable bonds is 7. The molecule has 1 aliphatic carbocycles. The van der Waals surface area contributed by atoms with Crippen molar-refractivity contribution in [2.24, 2.45) is 5.92 Å². The fourth-order valence-electron chi connectivity index (χ4n) is 4.95. The van der Waals surface area contributed by atoms with Gasteiger partial charge in [0, 0.05) is 12.5 Å². The molecule has 1 unspecified atom stereocenters. The molecule has 9 heteroatoms. The second-order valence-corrected chi connectivity index (χ2v) is 11.7. The Kier molecular flexibility index (Phi) is 8.87. The minimum absolute atomic E-state index is 0.0668. The van der Waals surface area contributed by atoms with Gasteiger partial charge in [0.15, 0.2) is 0 Å². The zero-order valence-electron chi connectivity index (χ0n) is 22.4. The molecule has 2 amide bonds. The highest BCUT2D eigenvalue weighted by atomic mass is 32.2. The molecule has 204 valence electrons. The van der Waals surface area contributed by atoms with Gasteiger partial charge in [-0.2, -0.15) is 0 Å². The number of methoxy groups -OCH3 is 1. The molecule has 2 atom stereocenters. The van der Waals surface area contributed by atoms with E-state index in [0.717, 1.165) is 28.0 Å². The zero-order chi connectivity index (χ0) is 27.3. The van der Waals surface area contributed by atoms with Gasteiger partial charge in [0.05, 0.1) is 13.0 Å². The smallest absolute Gasteiger partial charge is 0.410 e. The van der Waals surface area contributed by atoms with Gasteiger partial charge >= 0.3 is 18.2 Å². The van der Waals surface area contributed by atoms with Gasteiger partial charge in [0.25, 0.3) is 0 Å². The summed E-state index contributed by atoms with van der Waals surface area (Å²) in [6, 6.07) is 15.4. The van der Waals surface area contributed by atoms with Crippen LogP contribution in [0, 0.1) is 5.92 Å². The summed E-state index contributed by atoms with van der Waals surface area (Å²) in [6.45, 7) is 6.23. The summed E-state index contributed by atoms with van der Waals surface area (Å²) in [5.41, 5.74) is 3.98. The van der Waals surface area contributed by atoms with E-state index in [1.54, 1.807) is 16.7 Å². The van der Waals surface area contributed by atoms with E-state index < -0.39 is 23.7 Å². The standard InChI is InChI=1S/C29H36N2O6S/c1-29(2,3)37-28(34)31-15-19(17-38-18-31)13-14-25(26(32)35-4)30-27(33)36-16-24-22-11-7-5-9-20(22)21-10-6-8-12-23(21)24/h5-12,19,24-25H,13-18H2,1-4H3,(H,30,33)/t19?,25-/m0/s1. The molecule has 2 aromatic carbocycles. The number of hydrogen-bond acceptors (Lipinski definition) is 7. The molecular formula is C29H36N2O6S. The molecule has 0 bridgehead atoms. The largest absolute Gasteiger partial charge is 0.467 e. The molecule has 0 spiro atoms. The summed E-state index contributed by atoms with van der Waals surface area (Å²) in [5.74, 6) is 1.01. The Morgan fingerprint density at radius 1 is 1.05 bits per heavy atom. The monoisotopic (exact) mass is 540 g/mol. The molecule has 2 aliphatic rings. The van der Waals surface area contributed by atoms with Gasteiger partial charge in [-0.25, -0.2) is 14.4 Å². The average molecular weight is 541 g/mol. The second-order valence-electron chi connectivity index (χ2n) is 10.7. The first-order valence-electron chi connectivity index (χ1n) is 12.9. The molecule has 38 heavy (non-hydrogen) atoms. The normalized spacial score (nSPS) is 17.7. The van der Waals surface area contributed by atoms with Crippen LogP contribution >= 0.6 is 11.8 Å². The molecule has 1 heterocycles. The van der Waals surface area contributed by atoms with Gasteiger partial charge in [0.1, 0.15) is 18.2 Å². The van der Waals surface area contributed by atoms with E-state index in [1.807, 2.05) is 45.0 Å². The fraction of sp³-hybridized carbons (Fsp3) is 0.483. The van der Waals surface area contributed by atoms with Gasteiger partial charge in [-0.05, 0) is 67.5 Å². The number of carbonyl (C=O) groups is 3. The quantitative estimate of drug-likeness (QED) is 0.371. The Morgan fingerprint density at radius 3 is 2.29 bits per heavy atom. The molecule has 2 aromatic rings. The molecule has 1 N–H and O–H groups in total. The van der Waals surface area contributed by atoms with E-state index in [9.17, 15) is 14.4 Å². The van der Waals surface area contributed by atoms with Crippen LogP contribution in [0.3, 0.4) is 0 Å². The summed E-state index contributed by atoms with van der Waals surface area (Å²) >= 11 is 1.65. The zero-order valence-corrected chi connectivity index (χ0v) is 23.2. The van der Waals surface area contributed by atoms with E-state index in [4.69, 9.17) is 14.2 Å². The van der Waals surface area contributed by atoms with E-state index in [2.05, 4.69) is 29.6 Å². The highest BCUT2D eigenvalue weighted by Crippen LogP contribution is 2.44. The van der Waals surface area contributed by atoms with E-state index in [-0.39, 0.29) is 24.5 Å². The summed E-state index contributed by atoms with van der Waals surface area (Å²) in [7, 11) is 1.30. The molecule has 1 aliphatic heterocycles. The van der Waals surface area contributed by atoms with E-state index in [0.29, 0.717) is 25.3 Å². The van der Waals surface area contributed by atoms with E-state index >= 15 is 0 Å². The summed E-state index contributed by atoms with van der Waals surface area (Å²) in [4.78, 5) is 39.4. The maximum Gasteiger partial charge on any atom is 0.410 e. The first kappa shape index (κ1) is 27.8. The van der Waals surface area contributed by atoms with Crippen LogP contribution in [0.2, 0.25) is 0 Å². The molecule has 1 fully saturated rings. The lowest BCUT2D eigenvalue weighted by Gasteiger charge is -2.34. The lowest BCUT2D eigenvalue weighted by atomic mass is 9.98. The van der Waals surface area contributed by atoms with Gasteiger partial charge < -0.3 is 19.5 Å². The van der Waals surface area contributed by atoms with Crippen LogP contribution in [0.15, 0.2) is 48.5 Å². The fourth-order valence-corrected chi connectivity index (χ4v) is 6.09. The number of amides is 2. The number of nitrogens with zero attached hydrogens (tertiary/aromatic N) is 1. The third-order valence-electron chi connectivity index (χ3n) is 6.72. The number of alkyl carbamates (subject to hydrolysis) is 1. The predicted octanol–water partition coefficient (Wildman–Crippen LogP) is 5.40. The predicted molar refractivity (Wildman–Crippen MR) is 147 cm³/mol. The molecule has 0 aromatic heterocycles. The SMILES string of the molecule is COC(=O)[C@H](CCC1CSCN(C(=O)OC(C)(C)C)C1)NC(=O)OCC1c2ccccc2-c2ccccc21. The summed E-state index contributed by atoms with van der Waals surface area (Å²) in [5, 5.41) is 2.70. The van der Waals surface area contributed by atoms with Crippen molar-refractivity contribution in [1.82, 2.24) is 10.2 Å². The Balaban J connectivity index is 1.32. The number of esters is 1. The third-order valence-corrected chi connectivity index (χ3v) is 7.92. The number of ether oxygens (including phenoxy) is 3. The Bertz CT molecular complexity index is 1120. The number of fused-ring (bicyclic) bond motifs is 3. The van der Waals surface area contributed by atoms with Crippen LogP contribution in [0.25, 0.3) is 11.1 Å². The van der Waals surface area contributed by atoms with Crippen LogP contribution in [0.5, 0.6) is 0 Å². The first-order valence-corrected chi connectivity index (χ1v) is 14.1. The van der Waals surface area contributed by atoms with Crippen molar-refractivity contribution in [3.05, 3.63) is 59.7 Å². The van der Waals surface area contributed by atoms with Gasteiger partial charge in [0.2, 0.25) is 0 Å². The third kappa shape index (κ3) is 6.81. The van der Waals surface area contributed by atoms with Crippen molar-refractivity contribution in [2.75, 3.05) is 31.9 Å². The number of thioether (sulfide) groups is 1. The molecule has 8 nitrogen and oxygen atoms in total. The molecule has 1 saturated heterocycles. The van der Waals surface area contributed by atoms with Crippen molar-refractivity contribution in [3.63, 3.8) is 0 Å². The number of nitrogens with one attached hydrogen (secondary N) is 1. The van der Waals surface area contributed by atoms with Crippen LogP contribution in [-0.4, -0.2) is 66.6 Å². The number of hydrogen-bond donors (Lipinski definition) is 1. The first-order chi connectivity index (χ1) is 18.2. The van der Waals surface area contributed by atoms with Crippen molar-refractivity contribution < 1.29 is 28.6 Å². The number of carbonyl (C=O) groups excluding carboxylic acids is 3. The Hall–Kier alpha value is -3.20. The van der Waals surface area contributed by atoms with Gasteiger partial charge in [-0.15, -0.1) is 11.8 Å². The van der Waals surface area contributed by atoms with E-state index in [1.165, 1.54) is 7.11 Å². The van der Waals surface area contributed by atoms with Crippen LogP contribution < -0.4 is 5.32 Å². The van der Waals surface area contributed by atoms with Crippen molar-refractivity contribution in [2.45, 2.75) is 51.2 Å². The average Bonchev–Trinajstić information content (AvgIpc) is 3.22. The Morgan fingerprint density at radius 2 is 1.68 bits per heavy atom. The summed E-state index contributed by atoms with van der Waals surface area (Å²) in [6.07, 6.45) is 0.0200. The van der Waals surface area contributed by atoms with Crippen molar-refractivity contribution >= 4 is 29.9 Å². The lowest BCUT2D eigenvalue weighted by molar-refractivity contribution is -0.143. The van der Waals surface area contributed by atoms with Gasteiger partial charge in [-0.1, -0.05) is 48.5 Å². The van der Waals surface area contributed by atoms with Crippen molar-refractivity contribution in [3.8, 4) is 11.1 Å². The number of benzene rings is 2. The van der Waals surface area contributed by atoms with Crippen molar-refractivity contribution in [1.29, 1.82) is 0 Å². The van der Waals surface area contributed by atoms with Crippen LogP contribution in [0.1, 0.15) is 50.7 Å². The van der Waals surface area contributed by atoms with Crippen LogP contribution in [-0.2, 0) is 19.0 Å². The molecule has 4 rings (SSSR count). The van der Waals surface area contributed by atoms with Gasteiger partial charge in [-0.3, -0.25) is 4.90 Å². The highest BCUT2D eigenvalue weighted by molar-refractivity contribution is 7.99. The van der Waals surface area contributed by atoms with Crippen LogP contribution in [0.4, 0.5) is 9.59 Å².